The molecule has 0 atom stereocenters. The number of nitrogens with one attached hydrogen (secondary N) is 3. The Balaban J connectivity index is 1.66. The van der Waals surface area contributed by atoms with E-state index in [1.807, 2.05) is 26.0 Å². The third-order valence-electron chi connectivity index (χ3n) is 3.76. The van der Waals surface area contributed by atoms with Crippen molar-refractivity contribution in [2.24, 2.45) is 0 Å². The van der Waals surface area contributed by atoms with Gasteiger partial charge >= 0.3 is 0 Å². The van der Waals surface area contributed by atoms with E-state index >= 15 is 0 Å². The number of anilines is 1. The monoisotopic (exact) mass is 403 g/mol. The van der Waals surface area contributed by atoms with Crippen LogP contribution in [0.1, 0.15) is 24.0 Å². The summed E-state index contributed by atoms with van der Waals surface area (Å²) in [6.45, 7) is 3.61. The number of para-hydroxylation sites is 1. The first kappa shape index (κ1) is 21.2. The second-order valence-corrected chi connectivity index (χ2v) is 6.59. The van der Waals surface area contributed by atoms with Crippen molar-refractivity contribution in [1.82, 2.24) is 10.9 Å². The molecule has 2 rings (SSSR count). The highest BCUT2D eigenvalue weighted by Crippen LogP contribution is 2.20. The van der Waals surface area contributed by atoms with Crippen LogP contribution in [0, 0.1) is 13.8 Å². The van der Waals surface area contributed by atoms with E-state index in [1.54, 1.807) is 30.3 Å². The van der Waals surface area contributed by atoms with Crippen LogP contribution < -0.4 is 20.9 Å². The summed E-state index contributed by atoms with van der Waals surface area (Å²) in [6, 6.07) is 12.4. The number of halogens is 1. The lowest BCUT2D eigenvalue weighted by molar-refractivity contribution is -0.130. The van der Waals surface area contributed by atoms with Crippen LogP contribution in [0.3, 0.4) is 0 Å². The van der Waals surface area contributed by atoms with E-state index in [9.17, 15) is 14.4 Å². The number of amides is 3. The van der Waals surface area contributed by atoms with E-state index in [1.165, 1.54) is 0 Å². The normalized spacial score (nSPS) is 10.1. The van der Waals surface area contributed by atoms with Gasteiger partial charge in [0.2, 0.25) is 11.8 Å². The first-order valence-corrected chi connectivity index (χ1v) is 9.05. The van der Waals surface area contributed by atoms with Crippen LogP contribution in [0.15, 0.2) is 42.5 Å². The van der Waals surface area contributed by atoms with Crippen molar-refractivity contribution in [3.8, 4) is 5.75 Å². The van der Waals surface area contributed by atoms with Gasteiger partial charge < -0.3 is 10.1 Å². The molecule has 0 aliphatic rings. The second kappa shape index (κ2) is 10.3. The van der Waals surface area contributed by atoms with E-state index < -0.39 is 11.8 Å². The van der Waals surface area contributed by atoms with Crippen LogP contribution >= 0.6 is 11.6 Å². The molecule has 0 saturated heterocycles. The standard InChI is InChI=1S/C20H22ClN3O4/c1-13-7-8-17(14(2)11-13)28-12-20(27)24-23-19(26)10-9-18(25)22-16-6-4-3-5-15(16)21/h3-8,11H,9-10,12H2,1-2H3,(H,22,25)(H,23,26)(H,24,27). The summed E-state index contributed by atoms with van der Waals surface area (Å²) in [7, 11) is 0. The Hall–Kier alpha value is -3.06. The summed E-state index contributed by atoms with van der Waals surface area (Å²) in [6.07, 6.45) is -0.138. The molecule has 2 aromatic carbocycles. The quantitative estimate of drug-likeness (QED) is 0.619. The van der Waals surface area contributed by atoms with Crippen molar-refractivity contribution in [3.63, 3.8) is 0 Å². The molecule has 0 bridgehead atoms. The highest BCUT2D eigenvalue weighted by molar-refractivity contribution is 6.33. The van der Waals surface area contributed by atoms with Crippen LogP contribution in [-0.2, 0) is 14.4 Å². The van der Waals surface area contributed by atoms with Gasteiger partial charge in [0.15, 0.2) is 6.61 Å². The van der Waals surface area contributed by atoms with Crippen molar-refractivity contribution >= 4 is 35.0 Å². The minimum atomic E-state index is -0.506. The van der Waals surface area contributed by atoms with Gasteiger partial charge in [-0.25, -0.2) is 0 Å². The van der Waals surface area contributed by atoms with Gasteiger partial charge in [-0.05, 0) is 37.6 Å². The maximum atomic E-state index is 11.9. The zero-order valence-electron chi connectivity index (χ0n) is 15.7. The van der Waals surface area contributed by atoms with E-state index in [4.69, 9.17) is 16.3 Å². The van der Waals surface area contributed by atoms with Crippen molar-refractivity contribution in [3.05, 3.63) is 58.6 Å². The Bertz CT molecular complexity index is 870. The number of carbonyl (C=O) groups excluding carboxylic acids is 3. The molecule has 8 heteroatoms. The molecule has 0 aliphatic heterocycles. The Morgan fingerprint density at radius 2 is 1.61 bits per heavy atom. The number of ether oxygens (including phenoxy) is 1. The maximum absolute atomic E-state index is 11.9. The zero-order valence-corrected chi connectivity index (χ0v) is 16.4. The molecule has 0 aliphatic carbocycles. The van der Waals surface area contributed by atoms with Gasteiger partial charge in [0.05, 0.1) is 10.7 Å². The van der Waals surface area contributed by atoms with E-state index in [-0.39, 0.29) is 25.4 Å². The maximum Gasteiger partial charge on any atom is 0.276 e. The Morgan fingerprint density at radius 3 is 2.32 bits per heavy atom. The predicted molar refractivity (Wildman–Crippen MR) is 107 cm³/mol. The Morgan fingerprint density at radius 1 is 0.929 bits per heavy atom. The smallest absolute Gasteiger partial charge is 0.276 e. The molecule has 0 saturated carbocycles. The third kappa shape index (κ3) is 6.92. The molecule has 28 heavy (non-hydrogen) atoms. The summed E-state index contributed by atoms with van der Waals surface area (Å²) in [5.41, 5.74) is 6.99. The summed E-state index contributed by atoms with van der Waals surface area (Å²) in [4.78, 5) is 35.4. The minimum Gasteiger partial charge on any atom is -0.483 e. The van der Waals surface area contributed by atoms with Gasteiger partial charge in [0, 0.05) is 12.8 Å². The summed E-state index contributed by atoms with van der Waals surface area (Å²) in [5, 5.41) is 3.03. The fraction of sp³-hybridized carbons (Fsp3) is 0.250. The van der Waals surface area contributed by atoms with Crippen LogP contribution in [0.5, 0.6) is 5.75 Å². The zero-order chi connectivity index (χ0) is 20.5. The van der Waals surface area contributed by atoms with Crippen LogP contribution in [0.4, 0.5) is 5.69 Å². The van der Waals surface area contributed by atoms with E-state index in [2.05, 4.69) is 16.2 Å². The topological polar surface area (TPSA) is 96.5 Å². The third-order valence-corrected chi connectivity index (χ3v) is 4.09. The van der Waals surface area contributed by atoms with Crippen molar-refractivity contribution < 1.29 is 19.1 Å². The number of hydrogen-bond donors (Lipinski definition) is 3. The average molecular weight is 404 g/mol. The van der Waals surface area contributed by atoms with Gasteiger partial charge in [0.25, 0.3) is 5.91 Å². The molecule has 0 aromatic heterocycles. The number of benzene rings is 2. The minimum absolute atomic E-state index is 0.0496. The van der Waals surface area contributed by atoms with Gasteiger partial charge in [-0.3, -0.25) is 25.2 Å². The fourth-order valence-corrected chi connectivity index (χ4v) is 2.53. The fourth-order valence-electron chi connectivity index (χ4n) is 2.34. The average Bonchev–Trinajstić information content (AvgIpc) is 2.66. The molecule has 0 unspecified atom stereocenters. The number of carbonyl (C=O) groups is 3. The van der Waals surface area contributed by atoms with Gasteiger partial charge in [-0.15, -0.1) is 0 Å². The largest absolute Gasteiger partial charge is 0.483 e. The number of hydrazine groups is 1. The lowest BCUT2D eigenvalue weighted by Crippen LogP contribution is -2.44. The van der Waals surface area contributed by atoms with Crippen molar-refractivity contribution in [2.75, 3.05) is 11.9 Å². The SMILES string of the molecule is Cc1ccc(OCC(=O)NNC(=O)CCC(=O)Nc2ccccc2Cl)c(C)c1. The molecular formula is C20H22ClN3O4. The number of rotatable bonds is 7. The first-order chi connectivity index (χ1) is 13.3. The summed E-state index contributed by atoms with van der Waals surface area (Å²) in [5.74, 6) is -0.751. The van der Waals surface area contributed by atoms with E-state index in [0.717, 1.165) is 11.1 Å². The lowest BCUT2D eigenvalue weighted by atomic mass is 10.1. The van der Waals surface area contributed by atoms with Gasteiger partial charge in [-0.1, -0.05) is 41.4 Å². The number of hydrogen-bond acceptors (Lipinski definition) is 4. The summed E-state index contributed by atoms with van der Waals surface area (Å²) < 4.78 is 5.42. The Labute approximate surface area is 168 Å². The molecular weight excluding hydrogens is 382 g/mol. The van der Waals surface area contributed by atoms with E-state index in [0.29, 0.717) is 16.5 Å². The highest BCUT2D eigenvalue weighted by atomic mass is 35.5. The molecule has 3 N–H and O–H groups in total. The molecule has 0 radical (unpaired) electrons. The molecule has 3 amide bonds. The molecule has 2 aromatic rings. The van der Waals surface area contributed by atoms with Gasteiger partial charge in [-0.2, -0.15) is 0 Å². The van der Waals surface area contributed by atoms with Crippen LogP contribution in [0.2, 0.25) is 5.02 Å². The number of aryl methyl sites for hydroxylation is 2. The first-order valence-electron chi connectivity index (χ1n) is 8.67. The molecule has 0 spiro atoms. The predicted octanol–water partition coefficient (Wildman–Crippen LogP) is 2.90. The summed E-state index contributed by atoms with van der Waals surface area (Å²) >= 11 is 5.95. The second-order valence-electron chi connectivity index (χ2n) is 6.18. The molecule has 7 nitrogen and oxygen atoms in total. The highest BCUT2D eigenvalue weighted by Gasteiger charge is 2.10. The van der Waals surface area contributed by atoms with Crippen molar-refractivity contribution in [1.29, 1.82) is 0 Å². The molecule has 0 heterocycles. The lowest BCUT2D eigenvalue weighted by Gasteiger charge is -2.11. The molecule has 0 fully saturated rings. The van der Waals surface area contributed by atoms with Crippen LogP contribution in [0.25, 0.3) is 0 Å². The Kier molecular flexibility index (Phi) is 7.83. The van der Waals surface area contributed by atoms with Crippen molar-refractivity contribution in [2.45, 2.75) is 26.7 Å². The van der Waals surface area contributed by atoms with Crippen LogP contribution in [-0.4, -0.2) is 24.3 Å². The van der Waals surface area contributed by atoms with Gasteiger partial charge in [0.1, 0.15) is 5.75 Å². The molecule has 148 valence electrons.